The second-order valence-corrected chi connectivity index (χ2v) is 10.3. The minimum Gasteiger partial charge on any atom is -0.496 e. The van der Waals surface area contributed by atoms with Gasteiger partial charge in [0.15, 0.2) is 11.7 Å². The molecule has 1 aromatic heterocycles. The Kier molecular flexibility index (Phi) is 6.86. The average Bonchev–Trinajstić information content (AvgIpc) is 3.45. The van der Waals surface area contributed by atoms with E-state index < -0.39 is 0 Å². The van der Waals surface area contributed by atoms with E-state index in [1.165, 1.54) is 28.4 Å². The van der Waals surface area contributed by atoms with Crippen LogP contribution in [0.25, 0.3) is 11.3 Å². The molecule has 30 heavy (non-hydrogen) atoms. The maximum atomic E-state index is 12.3. The summed E-state index contributed by atoms with van der Waals surface area (Å²) in [6.45, 7) is 1.96. The molecular formula is C22H22N2O3S3. The number of thioether (sulfide) groups is 2. The zero-order chi connectivity index (χ0) is 20.9. The summed E-state index contributed by atoms with van der Waals surface area (Å²) in [6.07, 6.45) is 0. The number of hydrogen-bond donors (Lipinski definition) is 1. The molecule has 1 amide bonds. The van der Waals surface area contributed by atoms with Gasteiger partial charge in [0.1, 0.15) is 11.5 Å². The number of thiazole rings is 1. The fourth-order valence-corrected chi connectivity index (χ4v) is 6.64. The Bertz CT molecular complexity index is 1010. The van der Waals surface area contributed by atoms with Crippen molar-refractivity contribution in [3.63, 3.8) is 0 Å². The number of rotatable bonds is 7. The van der Waals surface area contributed by atoms with Crippen molar-refractivity contribution < 1.29 is 14.3 Å². The number of aryl methyl sites for hydroxylation is 1. The molecule has 156 valence electrons. The molecule has 0 bridgehead atoms. The summed E-state index contributed by atoms with van der Waals surface area (Å²) in [6, 6.07) is 13.9. The van der Waals surface area contributed by atoms with E-state index in [2.05, 4.69) is 22.4 Å². The van der Waals surface area contributed by atoms with Crippen LogP contribution < -0.4 is 14.8 Å². The molecule has 4 rings (SSSR count). The lowest BCUT2D eigenvalue weighted by Crippen LogP contribution is -2.20. The van der Waals surface area contributed by atoms with E-state index in [1.54, 1.807) is 7.11 Å². The second-order valence-electron chi connectivity index (χ2n) is 6.72. The maximum Gasteiger partial charge on any atom is 0.264 e. The van der Waals surface area contributed by atoms with Crippen molar-refractivity contribution in [3.8, 4) is 22.8 Å². The van der Waals surface area contributed by atoms with E-state index in [-0.39, 0.29) is 12.5 Å². The molecule has 0 aliphatic carbocycles. The third-order valence-electron chi connectivity index (χ3n) is 4.53. The smallest absolute Gasteiger partial charge is 0.264 e. The van der Waals surface area contributed by atoms with E-state index in [1.807, 2.05) is 66.2 Å². The van der Waals surface area contributed by atoms with Crippen LogP contribution in [0.2, 0.25) is 0 Å². The van der Waals surface area contributed by atoms with E-state index in [0.29, 0.717) is 15.5 Å². The number of nitrogens with one attached hydrogen (secondary N) is 1. The lowest BCUT2D eigenvalue weighted by atomic mass is 10.1. The highest BCUT2D eigenvalue weighted by molar-refractivity contribution is 8.19. The number of nitrogens with zero attached hydrogens (tertiary/aromatic N) is 1. The van der Waals surface area contributed by atoms with Gasteiger partial charge in [0, 0.05) is 22.4 Å². The number of anilines is 1. The van der Waals surface area contributed by atoms with Crippen LogP contribution in [0.1, 0.15) is 15.7 Å². The molecule has 0 radical (unpaired) electrons. The first-order valence-electron chi connectivity index (χ1n) is 9.49. The zero-order valence-electron chi connectivity index (χ0n) is 16.7. The molecule has 0 spiro atoms. The number of amides is 1. The summed E-state index contributed by atoms with van der Waals surface area (Å²) in [7, 11) is 1.64. The van der Waals surface area contributed by atoms with Gasteiger partial charge in [0.25, 0.3) is 5.91 Å². The number of carbonyl (C=O) groups excluding carboxylic acids is 1. The molecule has 0 saturated carbocycles. The van der Waals surface area contributed by atoms with Crippen molar-refractivity contribution in [1.29, 1.82) is 0 Å². The molecule has 1 aliphatic heterocycles. The SMILES string of the molecule is COc1ccc(C)cc1-c1csc(NC(=O)COc2ccc(C3SCCS3)cc2)n1. The van der Waals surface area contributed by atoms with Crippen molar-refractivity contribution in [2.45, 2.75) is 11.5 Å². The summed E-state index contributed by atoms with van der Waals surface area (Å²) < 4.78 is 11.6. The highest BCUT2D eigenvalue weighted by Crippen LogP contribution is 2.45. The number of hydrogen-bond acceptors (Lipinski definition) is 7. The van der Waals surface area contributed by atoms with Gasteiger partial charge < -0.3 is 9.47 Å². The lowest BCUT2D eigenvalue weighted by molar-refractivity contribution is -0.118. The Morgan fingerprint density at radius 2 is 1.93 bits per heavy atom. The number of methoxy groups -OCH3 is 1. The van der Waals surface area contributed by atoms with Crippen LogP contribution in [0.15, 0.2) is 47.8 Å². The van der Waals surface area contributed by atoms with E-state index in [9.17, 15) is 4.79 Å². The predicted octanol–water partition coefficient (Wildman–Crippen LogP) is 5.62. The Morgan fingerprint density at radius 1 is 1.17 bits per heavy atom. The van der Waals surface area contributed by atoms with Crippen LogP contribution in [0.5, 0.6) is 11.5 Å². The van der Waals surface area contributed by atoms with Gasteiger partial charge in [-0.1, -0.05) is 23.8 Å². The van der Waals surface area contributed by atoms with Crippen LogP contribution in [-0.4, -0.2) is 36.1 Å². The Balaban J connectivity index is 1.33. The Labute approximate surface area is 188 Å². The quantitative estimate of drug-likeness (QED) is 0.496. The topological polar surface area (TPSA) is 60.5 Å². The molecule has 3 aromatic rings. The van der Waals surface area contributed by atoms with Crippen LogP contribution in [0.3, 0.4) is 0 Å². The number of carbonyl (C=O) groups is 1. The molecule has 0 unspecified atom stereocenters. The fraction of sp³-hybridized carbons (Fsp3) is 0.273. The molecule has 5 nitrogen and oxygen atoms in total. The van der Waals surface area contributed by atoms with Gasteiger partial charge in [-0.2, -0.15) is 0 Å². The highest BCUT2D eigenvalue weighted by atomic mass is 32.2. The Morgan fingerprint density at radius 3 is 2.67 bits per heavy atom. The average molecular weight is 459 g/mol. The first-order valence-corrected chi connectivity index (χ1v) is 12.5. The number of ether oxygens (including phenoxy) is 2. The van der Waals surface area contributed by atoms with Gasteiger partial charge in [-0.3, -0.25) is 10.1 Å². The van der Waals surface area contributed by atoms with Gasteiger partial charge in [-0.05, 0) is 36.8 Å². The summed E-state index contributed by atoms with van der Waals surface area (Å²) in [4.78, 5) is 16.8. The first-order chi connectivity index (χ1) is 14.6. The molecule has 1 saturated heterocycles. The first kappa shape index (κ1) is 21.1. The number of aromatic nitrogens is 1. The zero-order valence-corrected chi connectivity index (χ0v) is 19.2. The van der Waals surface area contributed by atoms with Crippen LogP contribution in [0.4, 0.5) is 5.13 Å². The van der Waals surface area contributed by atoms with Gasteiger partial charge in [0.05, 0.1) is 17.4 Å². The normalized spacial score (nSPS) is 13.9. The highest BCUT2D eigenvalue weighted by Gasteiger charge is 2.18. The predicted molar refractivity (Wildman–Crippen MR) is 127 cm³/mol. The molecule has 8 heteroatoms. The van der Waals surface area contributed by atoms with Crippen LogP contribution >= 0.6 is 34.9 Å². The molecule has 1 N–H and O–H groups in total. The van der Waals surface area contributed by atoms with Crippen molar-refractivity contribution >= 4 is 45.9 Å². The molecule has 2 heterocycles. The molecule has 1 fully saturated rings. The third-order valence-corrected chi connectivity index (χ3v) is 8.39. The number of benzene rings is 2. The van der Waals surface area contributed by atoms with Gasteiger partial charge in [-0.15, -0.1) is 34.9 Å². The summed E-state index contributed by atoms with van der Waals surface area (Å²) >= 11 is 5.31. The standard InChI is InChI=1S/C22H22N2O3S3/c1-14-3-8-19(26-2)17(11-14)18-13-30-22(23-18)24-20(25)12-27-16-6-4-15(5-7-16)21-28-9-10-29-21/h3-8,11,13,21H,9-10,12H2,1-2H3,(H,23,24,25). The van der Waals surface area contributed by atoms with Crippen molar-refractivity contribution in [1.82, 2.24) is 4.98 Å². The van der Waals surface area contributed by atoms with Gasteiger partial charge >= 0.3 is 0 Å². The molecular weight excluding hydrogens is 436 g/mol. The van der Waals surface area contributed by atoms with E-state index >= 15 is 0 Å². The second kappa shape index (κ2) is 9.76. The van der Waals surface area contributed by atoms with Crippen molar-refractivity contribution in [2.24, 2.45) is 0 Å². The third kappa shape index (κ3) is 5.11. The monoisotopic (exact) mass is 458 g/mol. The van der Waals surface area contributed by atoms with E-state index in [0.717, 1.165) is 22.6 Å². The lowest BCUT2D eigenvalue weighted by Gasteiger charge is -2.10. The van der Waals surface area contributed by atoms with Crippen molar-refractivity contribution in [3.05, 3.63) is 59.0 Å². The summed E-state index contributed by atoms with van der Waals surface area (Å²) in [5, 5.41) is 5.25. The van der Waals surface area contributed by atoms with Crippen LogP contribution in [-0.2, 0) is 4.79 Å². The van der Waals surface area contributed by atoms with Crippen LogP contribution in [0, 0.1) is 6.92 Å². The maximum absolute atomic E-state index is 12.3. The molecule has 1 aliphatic rings. The van der Waals surface area contributed by atoms with Crippen molar-refractivity contribution in [2.75, 3.05) is 30.5 Å². The fourth-order valence-electron chi connectivity index (χ4n) is 3.05. The Hall–Kier alpha value is -2.16. The largest absolute Gasteiger partial charge is 0.496 e. The van der Waals surface area contributed by atoms with Gasteiger partial charge in [0.2, 0.25) is 0 Å². The minimum absolute atomic E-state index is 0.0606. The van der Waals surface area contributed by atoms with E-state index in [4.69, 9.17) is 9.47 Å². The minimum atomic E-state index is -0.238. The molecule has 2 aromatic carbocycles. The summed E-state index contributed by atoms with van der Waals surface area (Å²) in [5.74, 6) is 3.60. The van der Waals surface area contributed by atoms with Gasteiger partial charge in [-0.25, -0.2) is 4.98 Å². The molecule has 0 atom stereocenters. The summed E-state index contributed by atoms with van der Waals surface area (Å²) in [5.41, 5.74) is 4.09.